The summed E-state index contributed by atoms with van der Waals surface area (Å²) in [6, 6.07) is 4.44. The second-order valence-corrected chi connectivity index (χ2v) is 6.48. The van der Waals surface area contributed by atoms with Crippen molar-refractivity contribution < 1.29 is 13.9 Å². The summed E-state index contributed by atoms with van der Waals surface area (Å²) in [4.78, 5) is 32.7. The lowest BCUT2D eigenvalue weighted by molar-refractivity contribution is 0.0761. The Morgan fingerprint density at radius 3 is 2.96 bits per heavy atom. The van der Waals surface area contributed by atoms with Gasteiger partial charge in [0.1, 0.15) is 11.8 Å². The van der Waals surface area contributed by atoms with Gasteiger partial charge in [-0.05, 0) is 25.5 Å². The number of para-hydroxylation sites is 1. The van der Waals surface area contributed by atoms with Crippen LogP contribution in [0.1, 0.15) is 23.7 Å². The number of H-pyrrole nitrogens is 1. The molecular formula is C19H21FN6O2. The summed E-state index contributed by atoms with van der Waals surface area (Å²) < 4.78 is 19.5. The van der Waals surface area contributed by atoms with Crippen LogP contribution < -0.4 is 9.64 Å². The predicted molar refractivity (Wildman–Crippen MR) is 102 cm³/mol. The molecule has 0 unspecified atom stereocenters. The molecule has 0 spiro atoms. The first kappa shape index (κ1) is 18.1. The van der Waals surface area contributed by atoms with E-state index in [-0.39, 0.29) is 17.2 Å². The van der Waals surface area contributed by atoms with E-state index in [1.165, 1.54) is 18.5 Å². The first-order chi connectivity index (χ1) is 13.7. The molecule has 2 aromatic heterocycles. The van der Waals surface area contributed by atoms with Gasteiger partial charge in [-0.2, -0.15) is 0 Å². The number of hydrogen-bond donors (Lipinski definition) is 1. The third-order valence-corrected chi connectivity index (χ3v) is 4.77. The molecule has 9 heteroatoms. The number of aromatic amines is 1. The van der Waals surface area contributed by atoms with Crippen LogP contribution in [0.2, 0.25) is 0 Å². The minimum Gasteiger partial charge on any atom is -0.490 e. The van der Waals surface area contributed by atoms with E-state index in [1.54, 1.807) is 24.2 Å². The van der Waals surface area contributed by atoms with Gasteiger partial charge in [-0.15, -0.1) is 0 Å². The third-order valence-electron chi connectivity index (χ3n) is 4.77. The molecule has 0 radical (unpaired) electrons. The number of rotatable bonds is 4. The van der Waals surface area contributed by atoms with Crippen molar-refractivity contribution in [3.63, 3.8) is 0 Å². The van der Waals surface area contributed by atoms with Crippen molar-refractivity contribution in [2.75, 3.05) is 37.7 Å². The number of carbonyl (C=O) groups is 1. The maximum Gasteiger partial charge on any atom is 0.257 e. The fraction of sp³-hybridized carbons (Fsp3) is 0.368. The van der Waals surface area contributed by atoms with Crippen molar-refractivity contribution in [1.82, 2.24) is 24.8 Å². The summed E-state index contributed by atoms with van der Waals surface area (Å²) in [5.41, 5.74) is 1.66. The molecule has 1 aromatic carbocycles. The molecule has 1 saturated heterocycles. The number of aromatic nitrogens is 4. The summed E-state index contributed by atoms with van der Waals surface area (Å²) >= 11 is 0. The Morgan fingerprint density at radius 2 is 2.11 bits per heavy atom. The first-order valence-corrected chi connectivity index (χ1v) is 9.28. The van der Waals surface area contributed by atoms with Crippen LogP contribution in [0.25, 0.3) is 11.2 Å². The Bertz CT molecular complexity index is 991. The molecule has 0 atom stereocenters. The van der Waals surface area contributed by atoms with Crippen LogP contribution in [0.3, 0.4) is 0 Å². The Balaban J connectivity index is 1.54. The maximum absolute atomic E-state index is 14.1. The highest BCUT2D eigenvalue weighted by Gasteiger charge is 2.25. The van der Waals surface area contributed by atoms with Crippen LogP contribution in [-0.2, 0) is 0 Å². The van der Waals surface area contributed by atoms with Gasteiger partial charge >= 0.3 is 0 Å². The predicted octanol–water partition coefficient (Wildman–Crippen LogP) is 2.24. The number of carbonyl (C=O) groups excluding carboxylic acids is 1. The average molecular weight is 384 g/mol. The Kier molecular flexibility index (Phi) is 5.05. The number of ether oxygens (including phenoxy) is 1. The first-order valence-electron chi connectivity index (χ1n) is 9.28. The van der Waals surface area contributed by atoms with E-state index in [0.717, 1.165) is 24.3 Å². The van der Waals surface area contributed by atoms with Crippen molar-refractivity contribution >= 4 is 22.9 Å². The van der Waals surface area contributed by atoms with Gasteiger partial charge in [0.15, 0.2) is 23.0 Å². The zero-order valence-electron chi connectivity index (χ0n) is 15.6. The van der Waals surface area contributed by atoms with Crippen molar-refractivity contribution in [1.29, 1.82) is 0 Å². The summed E-state index contributed by atoms with van der Waals surface area (Å²) in [5.74, 6) is 0.0505. The monoisotopic (exact) mass is 384 g/mol. The quantitative estimate of drug-likeness (QED) is 0.742. The number of fused-ring (bicyclic) bond motifs is 1. The van der Waals surface area contributed by atoms with E-state index in [2.05, 4.69) is 24.8 Å². The topological polar surface area (TPSA) is 87.2 Å². The lowest BCUT2D eigenvalue weighted by atomic mass is 10.1. The van der Waals surface area contributed by atoms with Gasteiger partial charge in [0.25, 0.3) is 5.91 Å². The molecule has 1 N–H and O–H groups in total. The summed E-state index contributed by atoms with van der Waals surface area (Å²) in [6.07, 6.45) is 3.85. The standard InChI is InChI=1S/C19H21FN6O2/c1-2-28-16-13(5-3-6-14(16)20)19(27)26-8-4-7-25(9-10-26)18-15-17(22-11-21-15)23-12-24-18/h3,5-6,11-12H,2,4,7-10H2,1H3,(H,21,22,23,24). The van der Waals surface area contributed by atoms with Crippen LogP contribution in [0.4, 0.5) is 10.2 Å². The molecule has 28 heavy (non-hydrogen) atoms. The van der Waals surface area contributed by atoms with E-state index in [9.17, 15) is 9.18 Å². The van der Waals surface area contributed by atoms with Crippen LogP contribution in [-0.4, -0.2) is 63.5 Å². The van der Waals surface area contributed by atoms with Gasteiger partial charge in [0, 0.05) is 26.2 Å². The number of benzene rings is 1. The molecule has 3 heterocycles. The Morgan fingerprint density at radius 1 is 1.21 bits per heavy atom. The fourth-order valence-corrected chi connectivity index (χ4v) is 3.46. The van der Waals surface area contributed by atoms with Crippen LogP contribution >= 0.6 is 0 Å². The van der Waals surface area contributed by atoms with Crippen molar-refractivity contribution in [2.24, 2.45) is 0 Å². The van der Waals surface area contributed by atoms with Crippen molar-refractivity contribution in [2.45, 2.75) is 13.3 Å². The molecule has 146 valence electrons. The second kappa shape index (κ2) is 7.79. The summed E-state index contributed by atoms with van der Waals surface area (Å²) in [7, 11) is 0. The molecule has 1 aliphatic heterocycles. The maximum atomic E-state index is 14.1. The van der Waals surface area contributed by atoms with Gasteiger partial charge in [-0.25, -0.2) is 19.3 Å². The molecule has 3 aromatic rings. The van der Waals surface area contributed by atoms with Gasteiger partial charge in [-0.3, -0.25) is 4.79 Å². The fourth-order valence-electron chi connectivity index (χ4n) is 3.46. The van der Waals surface area contributed by atoms with E-state index in [1.807, 2.05) is 0 Å². The lowest BCUT2D eigenvalue weighted by Gasteiger charge is -2.23. The number of imidazole rings is 1. The van der Waals surface area contributed by atoms with Gasteiger partial charge in [0.05, 0.1) is 18.5 Å². The van der Waals surface area contributed by atoms with E-state index in [0.29, 0.717) is 31.9 Å². The molecule has 4 rings (SSSR count). The third kappa shape index (κ3) is 3.35. The van der Waals surface area contributed by atoms with E-state index >= 15 is 0 Å². The molecule has 8 nitrogen and oxygen atoms in total. The van der Waals surface area contributed by atoms with E-state index in [4.69, 9.17) is 4.74 Å². The highest BCUT2D eigenvalue weighted by atomic mass is 19.1. The largest absolute Gasteiger partial charge is 0.490 e. The summed E-state index contributed by atoms with van der Waals surface area (Å²) in [5, 5.41) is 0. The van der Waals surface area contributed by atoms with Crippen molar-refractivity contribution in [3.8, 4) is 5.75 Å². The normalized spacial score (nSPS) is 14.9. The van der Waals surface area contributed by atoms with Crippen LogP contribution in [0.15, 0.2) is 30.9 Å². The minimum atomic E-state index is -0.522. The zero-order chi connectivity index (χ0) is 19.5. The van der Waals surface area contributed by atoms with E-state index < -0.39 is 5.82 Å². The highest BCUT2D eigenvalue weighted by molar-refractivity contribution is 5.97. The zero-order valence-corrected chi connectivity index (χ0v) is 15.6. The highest BCUT2D eigenvalue weighted by Crippen LogP contribution is 2.26. The minimum absolute atomic E-state index is 0.0195. The second-order valence-electron chi connectivity index (χ2n) is 6.48. The molecule has 0 bridgehead atoms. The Hall–Kier alpha value is -3.23. The number of anilines is 1. The van der Waals surface area contributed by atoms with Gasteiger partial charge in [0.2, 0.25) is 0 Å². The summed E-state index contributed by atoms with van der Waals surface area (Å²) in [6.45, 7) is 4.49. The van der Waals surface area contributed by atoms with Crippen LogP contribution in [0, 0.1) is 5.82 Å². The molecule has 0 saturated carbocycles. The Labute approximate surface area is 161 Å². The number of nitrogens with one attached hydrogen (secondary N) is 1. The number of hydrogen-bond acceptors (Lipinski definition) is 6. The molecule has 1 fully saturated rings. The molecule has 1 amide bonds. The van der Waals surface area contributed by atoms with Crippen molar-refractivity contribution in [3.05, 3.63) is 42.2 Å². The number of nitrogens with zero attached hydrogens (tertiary/aromatic N) is 5. The number of amides is 1. The number of halogens is 1. The van der Waals surface area contributed by atoms with Gasteiger partial charge in [-0.1, -0.05) is 6.07 Å². The SMILES string of the molecule is CCOc1c(F)cccc1C(=O)N1CCCN(c2ncnc3nc[nH]c23)CC1. The molecule has 1 aliphatic rings. The van der Waals surface area contributed by atoms with Crippen LogP contribution in [0.5, 0.6) is 5.75 Å². The van der Waals surface area contributed by atoms with Gasteiger partial charge < -0.3 is 19.5 Å². The average Bonchev–Trinajstić information content (AvgIpc) is 3.06. The molecular weight excluding hydrogens is 363 g/mol. The smallest absolute Gasteiger partial charge is 0.257 e. The molecule has 0 aliphatic carbocycles. The lowest BCUT2D eigenvalue weighted by Crippen LogP contribution is -2.35.